The van der Waals surface area contributed by atoms with Gasteiger partial charge in [-0.15, -0.1) is 0 Å². The highest BCUT2D eigenvalue weighted by atomic mass is 127. The molecule has 2 aromatic carbocycles. The van der Waals surface area contributed by atoms with Crippen molar-refractivity contribution >= 4 is 44.2 Å². The minimum absolute atomic E-state index is 0.0950. The van der Waals surface area contributed by atoms with Gasteiger partial charge < -0.3 is 10.4 Å². The van der Waals surface area contributed by atoms with Gasteiger partial charge in [0.05, 0.1) is 6.04 Å². The normalized spacial score (nSPS) is 12.2. The summed E-state index contributed by atoms with van der Waals surface area (Å²) >= 11 is 5.74. The first-order valence-corrected chi connectivity index (χ1v) is 7.98. The van der Waals surface area contributed by atoms with E-state index in [4.69, 9.17) is 0 Å². The van der Waals surface area contributed by atoms with Crippen LogP contribution < -0.4 is 5.32 Å². The number of benzene rings is 2. The SMILES string of the molecule is CCC(Nc1ccc(I)cc1)c1cc(Br)ccc1O. The van der Waals surface area contributed by atoms with E-state index in [9.17, 15) is 5.11 Å². The second-order valence-corrected chi connectivity index (χ2v) is 6.48. The fourth-order valence-electron chi connectivity index (χ4n) is 1.95. The molecule has 0 heterocycles. The van der Waals surface area contributed by atoms with Crippen LogP contribution in [0.2, 0.25) is 0 Å². The number of hydrogen-bond donors (Lipinski definition) is 2. The lowest BCUT2D eigenvalue weighted by Crippen LogP contribution is -2.09. The van der Waals surface area contributed by atoms with Crippen LogP contribution in [0, 0.1) is 3.57 Å². The molecule has 0 saturated carbocycles. The molecule has 100 valence electrons. The summed E-state index contributed by atoms with van der Waals surface area (Å²) in [6.45, 7) is 2.10. The number of rotatable bonds is 4. The molecular weight excluding hydrogens is 417 g/mol. The molecule has 0 aliphatic carbocycles. The van der Waals surface area contributed by atoms with Gasteiger partial charge in [0.15, 0.2) is 0 Å². The van der Waals surface area contributed by atoms with Crippen LogP contribution in [0.4, 0.5) is 5.69 Å². The van der Waals surface area contributed by atoms with Crippen LogP contribution in [0.15, 0.2) is 46.9 Å². The van der Waals surface area contributed by atoms with E-state index < -0.39 is 0 Å². The number of anilines is 1. The average Bonchev–Trinajstić information content (AvgIpc) is 2.41. The molecule has 1 atom stereocenters. The van der Waals surface area contributed by atoms with E-state index in [1.54, 1.807) is 6.07 Å². The second kappa shape index (κ2) is 6.61. The minimum atomic E-state index is 0.0950. The Kier molecular flexibility index (Phi) is 5.10. The van der Waals surface area contributed by atoms with Gasteiger partial charge in [-0.1, -0.05) is 22.9 Å². The van der Waals surface area contributed by atoms with Crippen molar-refractivity contribution in [2.24, 2.45) is 0 Å². The lowest BCUT2D eigenvalue weighted by atomic mass is 10.0. The maximum Gasteiger partial charge on any atom is 0.120 e. The van der Waals surface area contributed by atoms with E-state index in [-0.39, 0.29) is 6.04 Å². The predicted octanol–water partition coefficient (Wildman–Crippen LogP) is 5.32. The highest BCUT2D eigenvalue weighted by molar-refractivity contribution is 14.1. The Hall–Kier alpha value is -0.750. The molecule has 2 rings (SSSR count). The van der Waals surface area contributed by atoms with Gasteiger partial charge in [0.1, 0.15) is 5.75 Å². The fraction of sp³-hybridized carbons (Fsp3) is 0.200. The van der Waals surface area contributed by atoms with Gasteiger partial charge in [-0.25, -0.2) is 0 Å². The predicted molar refractivity (Wildman–Crippen MR) is 91.6 cm³/mol. The Bertz CT molecular complexity index is 557. The first-order valence-electron chi connectivity index (χ1n) is 6.10. The Morgan fingerprint density at radius 2 is 1.89 bits per heavy atom. The van der Waals surface area contributed by atoms with Crippen LogP contribution in [-0.4, -0.2) is 5.11 Å². The first-order chi connectivity index (χ1) is 9.10. The summed E-state index contributed by atoms with van der Waals surface area (Å²) in [7, 11) is 0. The van der Waals surface area contributed by atoms with Crippen molar-refractivity contribution in [2.45, 2.75) is 19.4 Å². The minimum Gasteiger partial charge on any atom is -0.508 e. The standard InChI is InChI=1S/C15H15BrINO/c1-2-14(13-9-10(16)3-8-15(13)19)18-12-6-4-11(17)5-7-12/h3-9,14,18-19H,2H2,1H3. The largest absolute Gasteiger partial charge is 0.508 e. The van der Waals surface area contributed by atoms with Crippen LogP contribution in [0.5, 0.6) is 5.75 Å². The molecule has 0 saturated heterocycles. The van der Waals surface area contributed by atoms with E-state index in [0.717, 1.165) is 22.1 Å². The summed E-state index contributed by atoms with van der Waals surface area (Å²) in [5.41, 5.74) is 1.97. The van der Waals surface area contributed by atoms with Gasteiger partial charge in [0.25, 0.3) is 0 Å². The van der Waals surface area contributed by atoms with E-state index in [1.807, 2.05) is 12.1 Å². The monoisotopic (exact) mass is 431 g/mol. The molecule has 0 amide bonds. The van der Waals surface area contributed by atoms with Crippen molar-refractivity contribution < 1.29 is 5.11 Å². The van der Waals surface area contributed by atoms with E-state index in [0.29, 0.717) is 5.75 Å². The Balaban J connectivity index is 2.24. The quantitative estimate of drug-likeness (QED) is 0.642. The first kappa shape index (κ1) is 14.7. The third kappa shape index (κ3) is 3.86. The molecule has 2 aromatic rings. The second-order valence-electron chi connectivity index (χ2n) is 4.32. The smallest absolute Gasteiger partial charge is 0.120 e. The Morgan fingerprint density at radius 1 is 1.21 bits per heavy atom. The molecule has 4 heteroatoms. The molecule has 19 heavy (non-hydrogen) atoms. The van der Waals surface area contributed by atoms with Crippen molar-refractivity contribution in [1.29, 1.82) is 0 Å². The lowest BCUT2D eigenvalue weighted by Gasteiger charge is -2.20. The number of phenolic OH excluding ortho intramolecular Hbond substituents is 1. The molecule has 0 radical (unpaired) electrons. The van der Waals surface area contributed by atoms with Gasteiger partial charge in [-0.05, 0) is 71.5 Å². The highest BCUT2D eigenvalue weighted by Crippen LogP contribution is 2.31. The van der Waals surface area contributed by atoms with Crippen molar-refractivity contribution in [2.75, 3.05) is 5.32 Å². The molecule has 0 aliphatic rings. The van der Waals surface area contributed by atoms with Crippen LogP contribution in [0.25, 0.3) is 0 Å². The Labute approximate surface area is 135 Å². The van der Waals surface area contributed by atoms with Crippen LogP contribution in [0.3, 0.4) is 0 Å². The summed E-state index contributed by atoms with van der Waals surface area (Å²) in [4.78, 5) is 0. The molecule has 0 aromatic heterocycles. The summed E-state index contributed by atoms with van der Waals surface area (Å²) in [6.07, 6.45) is 0.899. The fourth-order valence-corrected chi connectivity index (χ4v) is 2.69. The number of nitrogens with one attached hydrogen (secondary N) is 1. The van der Waals surface area contributed by atoms with Gasteiger partial charge in [-0.3, -0.25) is 0 Å². The molecule has 0 fully saturated rings. The van der Waals surface area contributed by atoms with Crippen LogP contribution >= 0.6 is 38.5 Å². The zero-order valence-corrected chi connectivity index (χ0v) is 14.3. The lowest BCUT2D eigenvalue weighted by molar-refractivity contribution is 0.462. The van der Waals surface area contributed by atoms with Crippen molar-refractivity contribution in [3.05, 3.63) is 56.1 Å². The summed E-state index contributed by atoms with van der Waals surface area (Å²) < 4.78 is 2.18. The maximum atomic E-state index is 10.00. The number of halogens is 2. The van der Waals surface area contributed by atoms with Crippen molar-refractivity contribution in [3.8, 4) is 5.75 Å². The van der Waals surface area contributed by atoms with E-state index >= 15 is 0 Å². The number of aromatic hydroxyl groups is 1. The topological polar surface area (TPSA) is 32.3 Å². The summed E-state index contributed by atoms with van der Waals surface area (Å²) in [5.74, 6) is 0.327. The third-order valence-electron chi connectivity index (χ3n) is 2.96. The molecule has 2 N–H and O–H groups in total. The zero-order chi connectivity index (χ0) is 13.8. The molecule has 1 unspecified atom stereocenters. The molecule has 0 bridgehead atoms. The van der Waals surface area contributed by atoms with Gasteiger partial charge in [-0.2, -0.15) is 0 Å². The van der Waals surface area contributed by atoms with Gasteiger partial charge >= 0.3 is 0 Å². The van der Waals surface area contributed by atoms with Crippen molar-refractivity contribution in [1.82, 2.24) is 0 Å². The third-order valence-corrected chi connectivity index (χ3v) is 4.17. The maximum absolute atomic E-state index is 10.00. The molecular formula is C15H15BrINO. The van der Waals surface area contributed by atoms with E-state index in [1.165, 1.54) is 3.57 Å². The highest BCUT2D eigenvalue weighted by Gasteiger charge is 2.13. The summed E-state index contributed by atoms with van der Waals surface area (Å²) in [5, 5.41) is 13.5. The van der Waals surface area contributed by atoms with Crippen LogP contribution in [0.1, 0.15) is 24.9 Å². The Morgan fingerprint density at radius 3 is 2.53 bits per heavy atom. The zero-order valence-electron chi connectivity index (χ0n) is 10.5. The van der Waals surface area contributed by atoms with Gasteiger partial charge in [0.2, 0.25) is 0 Å². The molecule has 0 aliphatic heterocycles. The van der Waals surface area contributed by atoms with Crippen LogP contribution in [-0.2, 0) is 0 Å². The molecule has 2 nitrogen and oxygen atoms in total. The summed E-state index contributed by atoms with van der Waals surface area (Å²) in [6, 6.07) is 13.9. The van der Waals surface area contributed by atoms with Gasteiger partial charge in [0, 0.05) is 19.3 Å². The van der Waals surface area contributed by atoms with E-state index in [2.05, 4.69) is 75.0 Å². The number of hydrogen-bond acceptors (Lipinski definition) is 2. The molecule has 0 spiro atoms. The van der Waals surface area contributed by atoms with Crippen molar-refractivity contribution in [3.63, 3.8) is 0 Å². The average molecular weight is 432 g/mol. The number of phenols is 1.